The molecule has 188 valence electrons. The van der Waals surface area contributed by atoms with Crippen LogP contribution in [0.15, 0.2) is 0 Å². The fourth-order valence-corrected chi connectivity index (χ4v) is 7.38. The average molecular weight is 479 g/mol. The third-order valence-electron chi connectivity index (χ3n) is 8.65. The Morgan fingerprint density at radius 1 is 0.788 bits per heavy atom. The van der Waals surface area contributed by atoms with Gasteiger partial charge in [-0.25, -0.2) is 0 Å². The molecule has 0 aromatic carbocycles. The second kappa shape index (κ2) is 12.4. The maximum atomic E-state index is 13.5. The van der Waals surface area contributed by atoms with E-state index < -0.39 is 11.1 Å². The molecule has 33 heavy (non-hydrogen) atoms. The molecule has 2 heterocycles. The maximum absolute atomic E-state index is 13.5. The van der Waals surface area contributed by atoms with Crippen molar-refractivity contribution in [3.8, 4) is 0 Å². The summed E-state index contributed by atoms with van der Waals surface area (Å²) in [7, 11) is 0. The molecule has 0 atom stereocenters. The number of hydrogen-bond donors (Lipinski definition) is 2. The highest BCUT2D eigenvalue weighted by Crippen LogP contribution is 2.42. The van der Waals surface area contributed by atoms with E-state index in [4.69, 9.17) is 4.74 Å². The van der Waals surface area contributed by atoms with Gasteiger partial charge in [0.2, 0.25) is 0 Å². The third-order valence-corrected chi connectivity index (χ3v) is 9.61. The van der Waals surface area contributed by atoms with Crippen molar-refractivity contribution in [2.45, 2.75) is 139 Å². The van der Waals surface area contributed by atoms with Gasteiger partial charge in [-0.15, -0.1) is 0 Å². The maximum Gasteiger partial charge on any atom is 0.252 e. The monoisotopic (exact) mass is 478 g/mol. The molecule has 0 aromatic rings. The molecule has 5 aliphatic rings. The van der Waals surface area contributed by atoms with Crippen molar-refractivity contribution in [2.24, 2.45) is 0 Å². The largest absolute Gasteiger partial charge is 0.362 e. The van der Waals surface area contributed by atoms with E-state index in [9.17, 15) is 9.59 Å². The van der Waals surface area contributed by atoms with Crippen molar-refractivity contribution in [2.75, 3.05) is 18.1 Å². The minimum Gasteiger partial charge on any atom is -0.362 e. The first-order chi connectivity index (χ1) is 16.1. The summed E-state index contributed by atoms with van der Waals surface area (Å²) in [5.41, 5.74) is -1.23. The number of hydrogen-bond acceptors (Lipinski definition) is 5. The molecule has 3 aliphatic carbocycles. The van der Waals surface area contributed by atoms with Crippen LogP contribution < -0.4 is 10.6 Å². The van der Waals surface area contributed by atoms with Gasteiger partial charge in [-0.3, -0.25) is 9.59 Å². The average Bonchev–Trinajstić information content (AvgIpc) is 3.30. The summed E-state index contributed by atoms with van der Waals surface area (Å²) >= 11 is 1.67. The van der Waals surface area contributed by atoms with E-state index in [0.717, 1.165) is 31.4 Å². The minimum atomic E-state index is -0.763. The normalized spacial score (nSPS) is 34.4. The predicted molar refractivity (Wildman–Crippen MR) is 136 cm³/mol. The van der Waals surface area contributed by atoms with Gasteiger partial charge in [0.05, 0.1) is 17.4 Å². The van der Waals surface area contributed by atoms with Crippen LogP contribution in [0.5, 0.6) is 0 Å². The fraction of sp³-hybridized carbons (Fsp3) is 0.926. The highest BCUT2D eigenvalue weighted by molar-refractivity contribution is 7.99. The number of rotatable bonds is 4. The number of ether oxygens (including phenoxy) is 1. The number of nitrogens with one attached hydrogen (secondary N) is 2. The lowest BCUT2D eigenvalue weighted by atomic mass is 9.71. The lowest BCUT2D eigenvalue weighted by Crippen LogP contribution is -2.63. The third kappa shape index (κ3) is 6.76. The lowest BCUT2D eigenvalue weighted by Gasteiger charge is -2.47. The van der Waals surface area contributed by atoms with E-state index in [0.29, 0.717) is 37.0 Å². The van der Waals surface area contributed by atoms with Crippen LogP contribution in [-0.4, -0.2) is 53.0 Å². The van der Waals surface area contributed by atoms with Crippen molar-refractivity contribution in [3.05, 3.63) is 0 Å². The SMILES string of the molecule is O=C1CSCCNC(=O)C2(OC3CCCCCCCCCC3)CCC1(NC1CCCC1)CC2. The zero-order valence-electron chi connectivity index (χ0n) is 20.6. The summed E-state index contributed by atoms with van der Waals surface area (Å²) in [5.74, 6) is 1.75. The van der Waals surface area contributed by atoms with Gasteiger partial charge in [-0.2, -0.15) is 11.8 Å². The Labute approximate surface area is 205 Å². The first kappa shape index (κ1) is 25.5. The smallest absolute Gasteiger partial charge is 0.252 e. The molecule has 2 N–H and O–H groups in total. The summed E-state index contributed by atoms with van der Waals surface area (Å²) in [4.78, 5) is 27.0. The van der Waals surface area contributed by atoms with Crippen LogP contribution in [-0.2, 0) is 14.3 Å². The molecule has 0 unspecified atom stereocenters. The molecule has 2 aliphatic heterocycles. The van der Waals surface area contributed by atoms with Crippen LogP contribution >= 0.6 is 11.8 Å². The number of fused-ring (bicyclic) bond motifs is 8. The Hall–Kier alpha value is -0.590. The van der Waals surface area contributed by atoms with Gasteiger partial charge < -0.3 is 15.4 Å². The molecular formula is C27H46N2O3S. The zero-order valence-corrected chi connectivity index (χ0v) is 21.5. The Morgan fingerprint density at radius 3 is 2.00 bits per heavy atom. The Balaban J connectivity index is 1.49. The number of ketones is 1. The van der Waals surface area contributed by atoms with Crippen molar-refractivity contribution < 1.29 is 14.3 Å². The molecular weight excluding hydrogens is 432 g/mol. The molecule has 6 heteroatoms. The van der Waals surface area contributed by atoms with Gasteiger partial charge in [0.25, 0.3) is 5.91 Å². The van der Waals surface area contributed by atoms with Crippen LogP contribution in [0.2, 0.25) is 0 Å². The van der Waals surface area contributed by atoms with E-state index in [-0.39, 0.29) is 12.0 Å². The van der Waals surface area contributed by atoms with Crippen LogP contribution in [0.4, 0.5) is 0 Å². The van der Waals surface area contributed by atoms with Crippen molar-refractivity contribution in [1.82, 2.24) is 10.6 Å². The summed E-state index contributed by atoms with van der Waals surface area (Å²) in [6.45, 7) is 0.621. The van der Waals surface area contributed by atoms with E-state index in [1.165, 1.54) is 77.0 Å². The highest BCUT2D eigenvalue weighted by atomic mass is 32.2. The van der Waals surface area contributed by atoms with E-state index >= 15 is 0 Å². The number of carbonyl (C=O) groups excluding carboxylic acids is 2. The molecule has 3 saturated carbocycles. The zero-order chi connectivity index (χ0) is 23.0. The number of carbonyl (C=O) groups is 2. The molecule has 0 radical (unpaired) electrons. The Kier molecular flexibility index (Phi) is 9.58. The van der Waals surface area contributed by atoms with Crippen molar-refractivity contribution in [1.29, 1.82) is 0 Å². The van der Waals surface area contributed by atoms with E-state index in [2.05, 4.69) is 10.6 Å². The van der Waals surface area contributed by atoms with E-state index in [1.54, 1.807) is 11.8 Å². The van der Waals surface area contributed by atoms with Gasteiger partial charge in [0.1, 0.15) is 5.60 Å². The second-order valence-electron chi connectivity index (χ2n) is 11.1. The predicted octanol–water partition coefficient (Wildman–Crippen LogP) is 5.30. The van der Waals surface area contributed by atoms with Gasteiger partial charge in [0.15, 0.2) is 5.78 Å². The minimum absolute atomic E-state index is 0.0706. The van der Waals surface area contributed by atoms with Crippen molar-refractivity contribution >= 4 is 23.5 Å². The molecule has 1 amide bonds. The molecule has 2 bridgehead atoms. The molecule has 2 saturated heterocycles. The molecule has 5 fully saturated rings. The first-order valence-corrected chi connectivity index (χ1v) is 15.1. The van der Waals surface area contributed by atoms with E-state index in [1.807, 2.05) is 0 Å². The topological polar surface area (TPSA) is 67.4 Å². The molecule has 0 spiro atoms. The lowest BCUT2D eigenvalue weighted by molar-refractivity contribution is -0.168. The quantitative estimate of drug-likeness (QED) is 0.574. The van der Waals surface area contributed by atoms with Gasteiger partial charge >= 0.3 is 0 Å². The fourth-order valence-electron chi connectivity index (χ4n) is 6.53. The highest BCUT2D eigenvalue weighted by Gasteiger charge is 2.52. The number of thioether (sulfide) groups is 1. The van der Waals surface area contributed by atoms with Crippen LogP contribution in [0.1, 0.15) is 116 Å². The summed E-state index contributed by atoms with van der Waals surface area (Å²) in [6, 6.07) is 0.452. The molecule has 5 nitrogen and oxygen atoms in total. The van der Waals surface area contributed by atoms with Gasteiger partial charge in [-0.05, 0) is 51.4 Å². The Bertz CT molecular complexity index is 629. The standard InChI is InChI=1S/C27H46N2O3S/c30-24-21-33-20-19-28-25(31)27(32-23-13-7-5-3-1-2-4-6-8-14-23)17-15-26(24,16-18-27)29-22-11-9-10-12-22/h22-23,29H,1-21H2,(H,28,31). The van der Waals surface area contributed by atoms with Gasteiger partial charge in [0, 0.05) is 18.3 Å². The first-order valence-electron chi connectivity index (χ1n) is 14.0. The van der Waals surface area contributed by atoms with Gasteiger partial charge in [-0.1, -0.05) is 64.2 Å². The van der Waals surface area contributed by atoms with Crippen LogP contribution in [0, 0.1) is 0 Å². The Morgan fingerprint density at radius 2 is 1.36 bits per heavy atom. The summed E-state index contributed by atoms with van der Waals surface area (Å²) in [5, 5.41) is 7.01. The molecule has 5 rings (SSSR count). The molecule has 0 aromatic heterocycles. The number of Topliss-reactive ketones (excluding diaryl/α,β-unsaturated/α-hetero) is 1. The second-order valence-corrected chi connectivity index (χ2v) is 12.2. The van der Waals surface area contributed by atoms with Crippen molar-refractivity contribution in [3.63, 3.8) is 0 Å². The van der Waals surface area contributed by atoms with Crippen LogP contribution in [0.3, 0.4) is 0 Å². The summed E-state index contributed by atoms with van der Waals surface area (Å²) < 4.78 is 6.86. The summed E-state index contributed by atoms with van der Waals surface area (Å²) in [6.07, 6.45) is 20.3. The number of amides is 1. The van der Waals surface area contributed by atoms with Crippen LogP contribution in [0.25, 0.3) is 0 Å².